The number of benzene rings is 3. The molecule has 0 aliphatic rings. The molecule has 1 unspecified atom stereocenters. The standard InChI is InChI=1S/C31H37Cl2N3O4S/c1-6-28(31(38)34-18-21(2)3)35(19-24-9-7-8-23(5)16-24)30(37)20-36(29-17-25(32)12-15-27(29)33)41(39,40)26-13-10-22(4)11-14-26/h7-17,21,28H,6,18-20H2,1-5H3,(H,34,38). The summed E-state index contributed by atoms with van der Waals surface area (Å²) in [7, 11) is -4.25. The molecule has 2 amide bonds. The molecule has 0 radical (unpaired) electrons. The van der Waals surface area contributed by atoms with Gasteiger partial charge in [0.2, 0.25) is 11.8 Å². The van der Waals surface area contributed by atoms with Crippen molar-refractivity contribution >= 4 is 50.7 Å². The zero-order chi connectivity index (χ0) is 30.3. The van der Waals surface area contributed by atoms with Crippen LogP contribution in [0.15, 0.2) is 71.6 Å². The molecule has 1 atom stereocenters. The predicted molar refractivity (Wildman–Crippen MR) is 166 cm³/mol. The first-order valence-corrected chi connectivity index (χ1v) is 15.7. The summed E-state index contributed by atoms with van der Waals surface area (Å²) in [6.45, 7) is 9.58. The maximum atomic E-state index is 14.2. The number of carbonyl (C=O) groups excluding carboxylic acids is 2. The van der Waals surface area contributed by atoms with Gasteiger partial charge < -0.3 is 10.2 Å². The van der Waals surface area contributed by atoms with Crippen molar-refractivity contribution in [2.75, 3.05) is 17.4 Å². The zero-order valence-electron chi connectivity index (χ0n) is 24.0. The maximum absolute atomic E-state index is 14.2. The van der Waals surface area contributed by atoms with Crippen LogP contribution in [-0.2, 0) is 26.2 Å². The van der Waals surface area contributed by atoms with E-state index in [1.165, 1.54) is 29.2 Å². The summed E-state index contributed by atoms with van der Waals surface area (Å²) in [5.41, 5.74) is 2.78. The Bertz CT molecular complexity index is 1480. The Labute approximate surface area is 253 Å². The van der Waals surface area contributed by atoms with E-state index in [4.69, 9.17) is 23.2 Å². The van der Waals surface area contributed by atoms with E-state index in [1.807, 2.05) is 58.9 Å². The second-order valence-corrected chi connectivity index (χ2v) is 13.2. The molecule has 3 rings (SSSR count). The molecule has 0 aliphatic carbocycles. The minimum atomic E-state index is -4.25. The average Bonchev–Trinajstić information content (AvgIpc) is 2.92. The number of sulfonamides is 1. The third-order valence-electron chi connectivity index (χ3n) is 6.57. The Morgan fingerprint density at radius 1 is 0.927 bits per heavy atom. The molecule has 10 heteroatoms. The molecule has 0 saturated carbocycles. The highest BCUT2D eigenvalue weighted by atomic mass is 35.5. The average molecular weight is 619 g/mol. The summed E-state index contributed by atoms with van der Waals surface area (Å²) >= 11 is 12.7. The fraction of sp³-hybridized carbons (Fsp3) is 0.355. The van der Waals surface area contributed by atoms with Crippen LogP contribution in [0.25, 0.3) is 0 Å². The van der Waals surface area contributed by atoms with Crippen LogP contribution in [0.3, 0.4) is 0 Å². The van der Waals surface area contributed by atoms with Gasteiger partial charge in [-0.2, -0.15) is 0 Å². The molecule has 0 spiro atoms. The van der Waals surface area contributed by atoms with Crippen LogP contribution < -0.4 is 9.62 Å². The Kier molecular flexibility index (Phi) is 11.2. The van der Waals surface area contributed by atoms with E-state index in [1.54, 1.807) is 18.2 Å². The molecule has 0 saturated heterocycles. The Balaban J connectivity index is 2.09. The first-order chi connectivity index (χ1) is 19.3. The van der Waals surface area contributed by atoms with Crippen LogP contribution in [0.2, 0.25) is 10.0 Å². The SMILES string of the molecule is CCC(C(=O)NCC(C)C)N(Cc1cccc(C)c1)C(=O)CN(c1cc(Cl)ccc1Cl)S(=O)(=O)c1ccc(C)cc1. The summed E-state index contributed by atoms with van der Waals surface area (Å²) in [5, 5.41) is 3.30. The highest BCUT2D eigenvalue weighted by Crippen LogP contribution is 2.33. The molecule has 3 aromatic rings. The van der Waals surface area contributed by atoms with Crippen molar-refractivity contribution in [1.82, 2.24) is 10.2 Å². The second-order valence-electron chi connectivity index (χ2n) is 10.5. The van der Waals surface area contributed by atoms with Gasteiger partial charge >= 0.3 is 0 Å². The lowest BCUT2D eigenvalue weighted by Crippen LogP contribution is -2.52. The van der Waals surface area contributed by atoms with E-state index in [9.17, 15) is 18.0 Å². The summed E-state index contributed by atoms with van der Waals surface area (Å²) in [6.07, 6.45) is 0.337. The van der Waals surface area contributed by atoms with E-state index in [0.717, 1.165) is 21.0 Å². The predicted octanol–water partition coefficient (Wildman–Crippen LogP) is 6.39. The van der Waals surface area contributed by atoms with Gasteiger partial charge in [0.15, 0.2) is 0 Å². The van der Waals surface area contributed by atoms with Crippen molar-refractivity contribution in [3.05, 3.63) is 93.5 Å². The van der Waals surface area contributed by atoms with Gasteiger partial charge in [0.25, 0.3) is 10.0 Å². The molecule has 1 N–H and O–H groups in total. The minimum absolute atomic E-state index is 0.00102. The fourth-order valence-corrected chi connectivity index (χ4v) is 6.24. The number of halogens is 2. The number of aryl methyl sites for hydroxylation is 2. The summed E-state index contributed by atoms with van der Waals surface area (Å²) < 4.78 is 29.0. The number of nitrogens with zero attached hydrogens (tertiary/aromatic N) is 2. The van der Waals surface area contributed by atoms with Gasteiger partial charge in [-0.05, 0) is 62.1 Å². The molecule has 0 aliphatic heterocycles. The quantitative estimate of drug-likeness (QED) is 0.255. The van der Waals surface area contributed by atoms with E-state index >= 15 is 0 Å². The molecule has 0 fully saturated rings. The lowest BCUT2D eigenvalue weighted by atomic mass is 10.1. The van der Waals surface area contributed by atoms with Gasteiger partial charge in [-0.15, -0.1) is 0 Å². The topological polar surface area (TPSA) is 86.8 Å². The Morgan fingerprint density at radius 3 is 2.22 bits per heavy atom. The van der Waals surface area contributed by atoms with E-state index in [0.29, 0.717) is 13.0 Å². The molecule has 41 heavy (non-hydrogen) atoms. The summed E-state index contributed by atoms with van der Waals surface area (Å²) in [5.74, 6) is -0.627. The van der Waals surface area contributed by atoms with Crippen LogP contribution in [0.1, 0.15) is 43.9 Å². The number of anilines is 1. The van der Waals surface area contributed by atoms with Gasteiger partial charge in [0, 0.05) is 18.1 Å². The van der Waals surface area contributed by atoms with Gasteiger partial charge in [-0.3, -0.25) is 13.9 Å². The second kappa shape index (κ2) is 14.2. The van der Waals surface area contributed by atoms with Gasteiger partial charge in [-0.25, -0.2) is 8.42 Å². The lowest BCUT2D eigenvalue weighted by molar-refractivity contribution is -0.140. The van der Waals surface area contributed by atoms with Crippen LogP contribution >= 0.6 is 23.2 Å². The minimum Gasteiger partial charge on any atom is -0.354 e. The first kappa shape index (κ1) is 32.4. The van der Waals surface area contributed by atoms with Gasteiger partial charge in [-0.1, -0.05) is 91.5 Å². The molecule has 7 nitrogen and oxygen atoms in total. The number of nitrogens with one attached hydrogen (secondary N) is 1. The number of hydrogen-bond donors (Lipinski definition) is 1. The van der Waals surface area contributed by atoms with E-state index < -0.39 is 28.5 Å². The van der Waals surface area contributed by atoms with Crippen molar-refractivity contribution < 1.29 is 18.0 Å². The molecule has 3 aromatic carbocycles. The lowest BCUT2D eigenvalue weighted by Gasteiger charge is -2.33. The molecular formula is C31H37Cl2N3O4S. The van der Waals surface area contributed by atoms with Gasteiger partial charge in [0.05, 0.1) is 15.6 Å². The Morgan fingerprint density at radius 2 is 1.61 bits per heavy atom. The van der Waals surface area contributed by atoms with E-state index in [-0.39, 0.29) is 39.0 Å². The number of hydrogen-bond acceptors (Lipinski definition) is 4. The molecule has 0 aromatic heterocycles. The fourth-order valence-electron chi connectivity index (χ4n) is 4.38. The molecule has 0 heterocycles. The summed E-state index contributed by atoms with van der Waals surface area (Å²) in [6, 6.07) is 17.6. The van der Waals surface area contributed by atoms with E-state index in [2.05, 4.69) is 5.32 Å². The van der Waals surface area contributed by atoms with Crippen LogP contribution in [-0.4, -0.2) is 44.3 Å². The Hall–Kier alpha value is -3.07. The number of rotatable bonds is 12. The monoisotopic (exact) mass is 617 g/mol. The normalized spacial score (nSPS) is 12.2. The molecule has 0 bridgehead atoms. The zero-order valence-corrected chi connectivity index (χ0v) is 26.4. The maximum Gasteiger partial charge on any atom is 0.264 e. The third kappa shape index (κ3) is 8.47. The van der Waals surface area contributed by atoms with Crippen molar-refractivity contribution in [2.24, 2.45) is 5.92 Å². The van der Waals surface area contributed by atoms with Crippen molar-refractivity contribution in [3.8, 4) is 0 Å². The first-order valence-electron chi connectivity index (χ1n) is 13.5. The molecule has 220 valence electrons. The van der Waals surface area contributed by atoms with Crippen LogP contribution in [0, 0.1) is 19.8 Å². The highest BCUT2D eigenvalue weighted by Gasteiger charge is 2.34. The smallest absolute Gasteiger partial charge is 0.264 e. The van der Waals surface area contributed by atoms with Crippen LogP contribution in [0.5, 0.6) is 0 Å². The molecular weight excluding hydrogens is 581 g/mol. The highest BCUT2D eigenvalue weighted by molar-refractivity contribution is 7.92. The van der Waals surface area contributed by atoms with Gasteiger partial charge in [0.1, 0.15) is 12.6 Å². The van der Waals surface area contributed by atoms with Crippen LogP contribution in [0.4, 0.5) is 5.69 Å². The number of amides is 2. The third-order valence-corrected chi connectivity index (χ3v) is 8.90. The van der Waals surface area contributed by atoms with Crippen molar-refractivity contribution in [1.29, 1.82) is 0 Å². The van der Waals surface area contributed by atoms with Crippen molar-refractivity contribution in [2.45, 2.75) is 58.5 Å². The summed E-state index contributed by atoms with van der Waals surface area (Å²) in [4.78, 5) is 28.9. The number of carbonyl (C=O) groups is 2. The van der Waals surface area contributed by atoms with Crippen molar-refractivity contribution in [3.63, 3.8) is 0 Å². The largest absolute Gasteiger partial charge is 0.354 e.